The van der Waals surface area contributed by atoms with Crippen molar-refractivity contribution in [1.82, 2.24) is 19.5 Å². The van der Waals surface area contributed by atoms with Gasteiger partial charge in [-0.15, -0.1) is 0 Å². The fourth-order valence-electron chi connectivity index (χ4n) is 2.46. The van der Waals surface area contributed by atoms with Gasteiger partial charge in [0.2, 0.25) is 0 Å². The molecule has 7 heteroatoms. The molecule has 0 aromatic heterocycles. The minimum Gasteiger partial charge on any atom is -0.322 e. The second-order valence-electron chi connectivity index (χ2n) is 5.25. The van der Waals surface area contributed by atoms with Crippen molar-refractivity contribution in [3.8, 4) is 11.5 Å². The molecule has 0 amide bonds. The molecule has 0 fully saturated rings. The summed E-state index contributed by atoms with van der Waals surface area (Å²) in [4.78, 5) is 34.0. The highest BCUT2D eigenvalue weighted by Gasteiger charge is 2.18. The minimum absolute atomic E-state index is 0.171. The van der Waals surface area contributed by atoms with Crippen LogP contribution in [0.25, 0.3) is 22.6 Å². The highest BCUT2D eigenvalue weighted by Crippen LogP contribution is 2.26. The summed E-state index contributed by atoms with van der Waals surface area (Å²) >= 11 is 6.22. The summed E-state index contributed by atoms with van der Waals surface area (Å²) in [6, 6.07) is 3.64. The Labute approximate surface area is 131 Å². The Balaban J connectivity index is 2.47. The van der Waals surface area contributed by atoms with Gasteiger partial charge >= 0.3 is 5.69 Å². The number of hydrogen-bond donors (Lipinski definition) is 1. The molecule has 0 radical (unpaired) electrons. The van der Waals surface area contributed by atoms with Crippen molar-refractivity contribution >= 4 is 22.6 Å². The Hall–Kier alpha value is -2.21. The van der Waals surface area contributed by atoms with Gasteiger partial charge in [-0.1, -0.05) is 24.9 Å². The normalized spacial score (nSPS) is 11.4. The Bertz CT molecular complexity index is 945. The van der Waals surface area contributed by atoms with Crippen LogP contribution < -0.4 is 11.2 Å². The van der Waals surface area contributed by atoms with Gasteiger partial charge in [0.15, 0.2) is 11.5 Å². The van der Waals surface area contributed by atoms with Crippen molar-refractivity contribution in [2.45, 2.75) is 33.2 Å². The van der Waals surface area contributed by atoms with Gasteiger partial charge in [-0.25, -0.2) is 9.78 Å². The van der Waals surface area contributed by atoms with Crippen LogP contribution in [0.2, 0.25) is 5.02 Å². The van der Waals surface area contributed by atoms with E-state index in [0.29, 0.717) is 22.9 Å². The molecular weight excluding hydrogens is 304 g/mol. The molecule has 1 N–H and O–H groups in total. The Kier molecular flexibility index (Phi) is 3.70. The average Bonchev–Trinajstić information content (AvgIpc) is 2.46. The van der Waals surface area contributed by atoms with E-state index in [0.717, 1.165) is 23.9 Å². The average molecular weight is 319 g/mol. The van der Waals surface area contributed by atoms with Crippen LogP contribution in [0.1, 0.15) is 25.3 Å². The first-order valence-electron chi connectivity index (χ1n) is 7.12. The van der Waals surface area contributed by atoms with Crippen molar-refractivity contribution in [1.29, 1.82) is 0 Å². The van der Waals surface area contributed by atoms with Crippen LogP contribution in [0, 0.1) is 6.92 Å². The standard InChI is InChI=1S/C15H15ClN4O2/c1-3-4-5-20-11-7-9(16)8(2)6-10(11)17-12-13(20)18-15(22)19-14(12)21/h6-7H,3-5H2,1-2H3,(H,19,21,22). The van der Waals surface area contributed by atoms with Gasteiger partial charge in [0, 0.05) is 11.6 Å². The smallest absolute Gasteiger partial charge is 0.322 e. The molecule has 22 heavy (non-hydrogen) atoms. The van der Waals surface area contributed by atoms with Gasteiger partial charge in [-0.3, -0.25) is 9.78 Å². The van der Waals surface area contributed by atoms with Crippen molar-refractivity contribution < 1.29 is 0 Å². The minimum atomic E-state index is -0.665. The van der Waals surface area contributed by atoms with E-state index in [1.165, 1.54) is 0 Å². The number of hydrogen-bond acceptors (Lipinski definition) is 4. The van der Waals surface area contributed by atoms with Crippen LogP contribution in [-0.4, -0.2) is 19.5 Å². The van der Waals surface area contributed by atoms with E-state index in [1.54, 1.807) is 0 Å². The van der Waals surface area contributed by atoms with Gasteiger partial charge < -0.3 is 4.57 Å². The van der Waals surface area contributed by atoms with E-state index in [2.05, 4.69) is 21.9 Å². The monoisotopic (exact) mass is 318 g/mol. The quantitative estimate of drug-likeness (QED) is 0.752. The van der Waals surface area contributed by atoms with Crippen molar-refractivity contribution in [2.75, 3.05) is 0 Å². The number of fused-ring (bicyclic) bond motifs is 2. The van der Waals surface area contributed by atoms with Gasteiger partial charge in [-0.05, 0) is 31.0 Å². The van der Waals surface area contributed by atoms with Gasteiger partial charge in [0.05, 0.1) is 11.0 Å². The lowest BCUT2D eigenvalue weighted by molar-refractivity contribution is 0.638. The summed E-state index contributed by atoms with van der Waals surface area (Å²) in [6.07, 6.45) is 1.87. The van der Waals surface area contributed by atoms with Crippen LogP contribution in [0.3, 0.4) is 0 Å². The van der Waals surface area contributed by atoms with E-state index in [1.807, 2.05) is 23.6 Å². The zero-order valence-corrected chi connectivity index (χ0v) is 13.1. The third-order valence-corrected chi connectivity index (χ3v) is 4.03. The van der Waals surface area contributed by atoms with E-state index < -0.39 is 11.2 Å². The summed E-state index contributed by atoms with van der Waals surface area (Å²) in [5.41, 5.74) is 1.31. The molecule has 2 aliphatic heterocycles. The lowest BCUT2D eigenvalue weighted by atomic mass is 10.2. The van der Waals surface area contributed by atoms with E-state index in [-0.39, 0.29) is 5.69 Å². The summed E-state index contributed by atoms with van der Waals surface area (Å²) in [5, 5.41) is 0.617. The number of H-pyrrole nitrogens is 1. The number of halogens is 1. The van der Waals surface area contributed by atoms with Gasteiger partial charge in [-0.2, -0.15) is 4.98 Å². The number of nitrogens with zero attached hydrogens (tertiary/aromatic N) is 3. The number of rotatable bonds is 3. The molecule has 0 unspecified atom stereocenters. The number of nitrogens with one attached hydrogen (secondary N) is 1. The first-order valence-corrected chi connectivity index (χ1v) is 7.49. The van der Waals surface area contributed by atoms with Crippen molar-refractivity contribution in [2.24, 2.45) is 0 Å². The van der Waals surface area contributed by atoms with Crippen molar-refractivity contribution in [3.05, 3.63) is 43.6 Å². The number of aromatic nitrogens is 4. The maximum atomic E-state index is 12.0. The summed E-state index contributed by atoms with van der Waals surface area (Å²) < 4.78 is 1.85. The third-order valence-electron chi connectivity index (χ3n) is 3.62. The summed E-state index contributed by atoms with van der Waals surface area (Å²) in [5.74, 6) is 0.301. The van der Waals surface area contributed by atoms with Gasteiger partial charge in [0.1, 0.15) is 0 Å². The van der Waals surface area contributed by atoms with E-state index in [9.17, 15) is 9.59 Å². The van der Waals surface area contributed by atoms with Crippen molar-refractivity contribution in [3.63, 3.8) is 0 Å². The largest absolute Gasteiger partial charge is 0.349 e. The maximum absolute atomic E-state index is 12.0. The highest BCUT2D eigenvalue weighted by atomic mass is 35.5. The number of aromatic amines is 1. The predicted octanol–water partition coefficient (Wildman–Crippen LogP) is 2.35. The van der Waals surface area contributed by atoms with E-state index in [4.69, 9.17) is 11.6 Å². The third kappa shape index (κ3) is 2.39. The number of benzene rings is 1. The lowest BCUT2D eigenvalue weighted by Gasteiger charge is -2.17. The lowest BCUT2D eigenvalue weighted by Crippen LogP contribution is -2.29. The van der Waals surface area contributed by atoms with Crippen LogP contribution >= 0.6 is 11.6 Å². The topological polar surface area (TPSA) is 80.6 Å². The summed E-state index contributed by atoms with van der Waals surface area (Å²) in [7, 11) is 0. The Morgan fingerprint density at radius 1 is 1.27 bits per heavy atom. The molecule has 0 saturated heterocycles. The zero-order valence-electron chi connectivity index (χ0n) is 12.3. The molecule has 0 saturated carbocycles. The van der Waals surface area contributed by atoms with Crippen LogP contribution in [0.15, 0.2) is 21.7 Å². The summed E-state index contributed by atoms with van der Waals surface area (Å²) in [6.45, 7) is 4.59. The number of unbranched alkanes of at least 4 members (excludes halogenated alkanes) is 1. The first-order chi connectivity index (χ1) is 10.5. The second kappa shape index (κ2) is 5.53. The highest BCUT2D eigenvalue weighted by molar-refractivity contribution is 6.32. The number of aryl methyl sites for hydroxylation is 2. The molecule has 0 aliphatic carbocycles. The first kappa shape index (κ1) is 14.7. The molecule has 2 aliphatic rings. The molecule has 0 atom stereocenters. The molecule has 3 rings (SSSR count). The fourth-order valence-corrected chi connectivity index (χ4v) is 2.62. The molecular formula is C15H15ClN4O2. The molecule has 114 valence electrons. The fraction of sp³-hybridized carbons (Fsp3) is 0.333. The molecule has 0 spiro atoms. The van der Waals surface area contributed by atoms with Crippen LogP contribution in [0.4, 0.5) is 0 Å². The molecule has 6 nitrogen and oxygen atoms in total. The van der Waals surface area contributed by atoms with E-state index >= 15 is 0 Å². The zero-order chi connectivity index (χ0) is 15.9. The van der Waals surface area contributed by atoms with Gasteiger partial charge in [0.25, 0.3) is 5.56 Å². The Morgan fingerprint density at radius 3 is 2.77 bits per heavy atom. The second-order valence-corrected chi connectivity index (χ2v) is 5.66. The molecule has 1 aromatic carbocycles. The molecule has 1 aromatic rings. The van der Waals surface area contributed by atoms with Crippen LogP contribution in [0.5, 0.6) is 0 Å². The maximum Gasteiger partial charge on any atom is 0.349 e. The molecule has 0 bridgehead atoms. The Morgan fingerprint density at radius 2 is 2.05 bits per heavy atom. The SMILES string of the molecule is CCCCn1c2nc(=O)[nH]c(=O)c-2nc2cc(C)c(Cl)cc21. The molecule has 2 heterocycles. The van der Waals surface area contributed by atoms with Crippen LogP contribution in [-0.2, 0) is 6.54 Å². The predicted molar refractivity (Wildman–Crippen MR) is 85.7 cm³/mol.